The van der Waals surface area contributed by atoms with Gasteiger partial charge in [-0.05, 0) is 74.2 Å². The molecule has 10 nitrogen and oxygen atoms in total. The van der Waals surface area contributed by atoms with Crippen molar-refractivity contribution in [2.24, 2.45) is 12.5 Å². The van der Waals surface area contributed by atoms with Crippen LogP contribution in [0, 0.1) is 29.4 Å². The second-order valence-corrected chi connectivity index (χ2v) is 16.7. The number of aryl methyl sites for hydroxylation is 1. The first-order chi connectivity index (χ1) is 26.9. The summed E-state index contributed by atoms with van der Waals surface area (Å²) in [5, 5.41) is 17.4. The van der Waals surface area contributed by atoms with Gasteiger partial charge in [-0.15, -0.1) is 6.42 Å². The second kappa shape index (κ2) is 12.6. The average molecular weight is 770 g/mol. The number of likely N-dealkylation sites (tertiary alicyclic amines) is 1. The van der Waals surface area contributed by atoms with Crippen molar-refractivity contribution in [3.63, 3.8) is 0 Å². The first kappa shape index (κ1) is 35.7. The van der Waals surface area contributed by atoms with E-state index in [1.54, 1.807) is 25.0 Å². The lowest BCUT2D eigenvalue weighted by atomic mass is 9.89. The molecule has 56 heavy (non-hydrogen) atoms. The SMILES string of the molecule is C#Cc1c(F)ccc2cc(O)cc(-c3c(F)c4nc(OC[C@@]56CCCN5C[C@@]5(CC5(F)F)C6)nc(N5[C@@H]6CC[C@H]5CN(CCCOC)C6)c4c4cn(C)nc34)c12. The Morgan fingerprint density at radius 2 is 1.84 bits per heavy atom. The van der Waals surface area contributed by atoms with Gasteiger partial charge in [0.2, 0.25) is 0 Å². The highest BCUT2D eigenvalue weighted by molar-refractivity contribution is 6.18. The van der Waals surface area contributed by atoms with E-state index >= 15 is 8.78 Å². The molecule has 4 saturated heterocycles. The third-order valence-corrected chi connectivity index (χ3v) is 13.3. The van der Waals surface area contributed by atoms with E-state index in [0.29, 0.717) is 48.0 Å². The quantitative estimate of drug-likeness (QED) is 0.101. The average Bonchev–Trinajstić information content (AvgIpc) is 3.63. The number of anilines is 1. The van der Waals surface area contributed by atoms with Gasteiger partial charge in [0.1, 0.15) is 35.0 Å². The Bertz CT molecular complexity index is 2470. The standard InChI is InChI=1S/C42H43F4N7O3/c1-4-28-31(43)10-7-24-15-27(54)16-29(32(24)28)33-35(44)37-34(30-19-50(2)49-36(30)33)38(53-25-8-9-26(53)18-51(17-25)12-6-14-55-3)48-39(47-37)56-23-41-11-5-13-52(41)22-40(20-41)21-42(40,45)46/h1,7,10,15-16,19,25-26,54H,5-6,8-9,11-14,17-18,20-23H2,2-3H3/t25-,26+,40-,41-/m0/s1. The highest BCUT2D eigenvalue weighted by Crippen LogP contribution is 2.69. The molecule has 6 heterocycles. The zero-order chi connectivity index (χ0) is 38.7. The van der Waals surface area contributed by atoms with Crippen LogP contribution in [0.2, 0.25) is 0 Å². The topological polar surface area (TPSA) is 92.0 Å². The summed E-state index contributed by atoms with van der Waals surface area (Å²) in [5.74, 6) is -1.28. The smallest absolute Gasteiger partial charge is 0.319 e. The summed E-state index contributed by atoms with van der Waals surface area (Å²) in [6.45, 7) is 4.32. The third kappa shape index (κ3) is 5.30. The molecule has 1 saturated carbocycles. The summed E-state index contributed by atoms with van der Waals surface area (Å²) in [5.41, 5.74) is -1.24. The van der Waals surface area contributed by atoms with Crippen molar-refractivity contribution in [2.45, 2.75) is 68.5 Å². The van der Waals surface area contributed by atoms with Crippen molar-refractivity contribution in [1.82, 2.24) is 29.5 Å². The summed E-state index contributed by atoms with van der Waals surface area (Å²) < 4.78 is 75.9. The first-order valence-electron chi connectivity index (χ1n) is 19.5. The number of benzene rings is 3. The molecule has 3 aromatic carbocycles. The van der Waals surface area contributed by atoms with Crippen LogP contribution >= 0.6 is 0 Å². The van der Waals surface area contributed by atoms with E-state index in [-0.39, 0.29) is 70.0 Å². The molecule has 4 aliphatic heterocycles. The van der Waals surface area contributed by atoms with Gasteiger partial charge in [-0.1, -0.05) is 12.0 Å². The summed E-state index contributed by atoms with van der Waals surface area (Å²) in [4.78, 5) is 16.8. The number of hydrogen-bond donors (Lipinski definition) is 1. The second-order valence-electron chi connectivity index (χ2n) is 16.7. The van der Waals surface area contributed by atoms with E-state index in [2.05, 4.69) is 20.6 Å². The van der Waals surface area contributed by atoms with Crippen molar-refractivity contribution in [3.05, 3.63) is 47.7 Å². The molecule has 0 radical (unpaired) electrons. The molecule has 14 heteroatoms. The third-order valence-electron chi connectivity index (χ3n) is 13.3. The van der Waals surface area contributed by atoms with Crippen molar-refractivity contribution >= 4 is 38.4 Å². The Balaban J connectivity index is 1.16. The van der Waals surface area contributed by atoms with Crippen LogP contribution in [0.15, 0.2) is 30.5 Å². The van der Waals surface area contributed by atoms with Crippen LogP contribution in [0.5, 0.6) is 11.8 Å². The normalized spacial score (nSPS) is 26.9. The molecule has 10 rings (SSSR count). The molecular weight excluding hydrogens is 726 g/mol. The summed E-state index contributed by atoms with van der Waals surface area (Å²) >= 11 is 0. The molecule has 5 aromatic rings. The summed E-state index contributed by atoms with van der Waals surface area (Å²) in [6, 6.07) is 5.69. The van der Waals surface area contributed by atoms with Gasteiger partial charge >= 0.3 is 6.01 Å². The van der Waals surface area contributed by atoms with Crippen LogP contribution in [0.4, 0.5) is 23.4 Å². The Morgan fingerprint density at radius 3 is 2.57 bits per heavy atom. The van der Waals surface area contributed by atoms with E-state index in [0.717, 1.165) is 51.9 Å². The van der Waals surface area contributed by atoms with Gasteiger partial charge in [-0.3, -0.25) is 14.5 Å². The Morgan fingerprint density at radius 1 is 1.05 bits per heavy atom. The van der Waals surface area contributed by atoms with E-state index in [1.165, 1.54) is 24.3 Å². The molecule has 5 fully saturated rings. The number of piperazine rings is 1. The molecular formula is C42H43F4N7O3. The zero-order valence-electron chi connectivity index (χ0n) is 31.4. The predicted molar refractivity (Wildman–Crippen MR) is 204 cm³/mol. The number of aromatic hydroxyl groups is 1. The van der Waals surface area contributed by atoms with Crippen LogP contribution < -0.4 is 9.64 Å². The lowest BCUT2D eigenvalue weighted by Crippen LogP contribution is -2.54. The van der Waals surface area contributed by atoms with E-state index in [4.69, 9.17) is 31.0 Å². The van der Waals surface area contributed by atoms with Crippen molar-refractivity contribution in [3.8, 4) is 35.2 Å². The van der Waals surface area contributed by atoms with Gasteiger partial charge in [0.25, 0.3) is 5.92 Å². The van der Waals surface area contributed by atoms with Crippen molar-refractivity contribution in [2.75, 3.05) is 57.9 Å². The fraction of sp³-hybridized carbons (Fsp3) is 0.500. The maximum atomic E-state index is 17.9. The number of alkyl halides is 2. The first-order valence-corrected chi connectivity index (χ1v) is 19.5. The summed E-state index contributed by atoms with van der Waals surface area (Å²) in [6.07, 6.45) is 12.2. The van der Waals surface area contributed by atoms with Crippen LogP contribution in [0.25, 0.3) is 43.7 Å². The van der Waals surface area contributed by atoms with Crippen molar-refractivity contribution in [1.29, 1.82) is 0 Å². The predicted octanol–water partition coefficient (Wildman–Crippen LogP) is 6.63. The minimum Gasteiger partial charge on any atom is -0.508 e. The zero-order valence-corrected chi connectivity index (χ0v) is 31.4. The highest BCUT2D eigenvalue weighted by atomic mass is 19.3. The number of rotatable bonds is 9. The van der Waals surface area contributed by atoms with Gasteiger partial charge in [-0.2, -0.15) is 15.1 Å². The van der Waals surface area contributed by atoms with E-state index < -0.39 is 28.5 Å². The molecule has 292 valence electrons. The molecule has 0 amide bonds. The molecule has 2 bridgehead atoms. The molecule has 5 aliphatic rings. The molecule has 1 spiro atoms. The van der Waals surface area contributed by atoms with Gasteiger partial charge in [0, 0.05) is 88.0 Å². The Kier molecular flexibility index (Phi) is 8.06. The van der Waals surface area contributed by atoms with Gasteiger partial charge in [-0.25, -0.2) is 17.6 Å². The number of ether oxygens (including phenoxy) is 2. The molecule has 1 N–H and O–H groups in total. The summed E-state index contributed by atoms with van der Waals surface area (Å²) in [7, 11) is 3.45. The number of hydrogen-bond acceptors (Lipinski definition) is 9. The molecule has 4 atom stereocenters. The largest absolute Gasteiger partial charge is 0.508 e. The number of aromatic nitrogens is 4. The van der Waals surface area contributed by atoms with Gasteiger partial charge in [0.15, 0.2) is 5.82 Å². The van der Waals surface area contributed by atoms with Crippen LogP contribution in [-0.2, 0) is 11.8 Å². The fourth-order valence-corrected chi connectivity index (χ4v) is 10.8. The number of fused-ring (bicyclic) bond motifs is 7. The Labute approximate surface area is 321 Å². The molecule has 1 aliphatic carbocycles. The maximum absolute atomic E-state index is 17.9. The number of halogens is 4. The number of methoxy groups -OCH3 is 1. The maximum Gasteiger partial charge on any atom is 0.319 e. The highest BCUT2D eigenvalue weighted by Gasteiger charge is 2.77. The van der Waals surface area contributed by atoms with E-state index in [1.807, 2.05) is 0 Å². The van der Waals surface area contributed by atoms with E-state index in [9.17, 15) is 13.9 Å². The van der Waals surface area contributed by atoms with Crippen LogP contribution in [-0.4, -0.2) is 111 Å². The van der Waals surface area contributed by atoms with Crippen LogP contribution in [0.1, 0.15) is 50.5 Å². The Hall–Kier alpha value is -4.71. The molecule has 0 unspecified atom stereocenters. The lowest BCUT2D eigenvalue weighted by molar-refractivity contribution is 0.0647. The van der Waals surface area contributed by atoms with Crippen molar-refractivity contribution < 1.29 is 32.1 Å². The number of nitrogens with zero attached hydrogens (tertiary/aromatic N) is 7. The number of terminal acetylenes is 1. The fourth-order valence-electron chi connectivity index (χ4n) is 10.8. The van der Waals surface area contributed by atoms with Crippen LogP contribution in [0.3, 0.4) is 0 Å². The number of phenolic OH excluding ortho intramolecular Hbond substituents is 1. The minimum atomic E-state index is -2.69. The number of phenols is 1. The van der Waals surface area contributed by atoms with Gasteiger partial charge in [0.05, 0.1) is 21.9 Å². The molecule has 2 aromatic heterocycles. The van der Waals surface area contributed by atoms with Gasteiger partial charge < -0.3 is 19.5 Å². The monoisotopic (exact) mass is 769 g/mol. The lowest BCUT2D eigenvalue weighted by Gasteiger charge is -2.42. The minimum absolute atomic E-state index is 0.00638.